The number of amides is 3. The maximum Gasteiger partial charge on any atom is 0.333 e. The maximum absolute atomic E-state index is 12.6. The second-order valence-electron chi connectivity index (χ2n) is 5.94. The van der Waals surface area contributed by atoms with Crippen molar-refractivity contribution in [1.82, 2.24) is 9.88 Å². The summed E-state index contributed by atoms with van der Waals surface area (Å²) < 4.78 is 7.27. The van der Waals surface area contributed by atoms with E-state index in [0.717, 1.165) is 28.4 Å². The number of ether oxygens (including phenoxy) is 1. The molecule has 0 aliphatic carbocycles. The molecule has 1 aromatic carbocycles. The van der Waals surface area contributed by atoms with E-state index < -0.39 is 6.03 Å². The molecule has 0 atom stereocenters. The van der Waals surface area contributed by atoms with Crippen LogP contribution in [0.25, 0.3) is 6.08 Å². The lowest BCUT2D eigenvalue weighted by Gasteiger charge is -2.10. The molecule has 0 bridgehead atoms. The minimum absolute atomic E-state index is 0.279. The molecule has 25 heavy (non-hydrogen) atoms. The van der Waals surface area contributed by atoms with Gasteiger partial charge in [0.1, 0.15) is 5.70 Å². The molecule has 1 N–H and O–H groups in total. The van der Waals surface area contributed by atoms with E-state index in [-0.39, 0.29) is 11.6 Å². The molecule has 0 radical (unpaired) electrons. The van der Waals surface area contributed by atoms with Crippen molar-refractivity contribution in [3.63, 3.8) is 0 Å². The Balaban J connectivity index is 1.90. The summed E-state index contributed by atoms with van der Waals surface area (Å²) in [5.74, 6) is -0.349. The number of carbonyl (C=O) groups is 2. The lowest BCUT2D eigenvalue weighted by atomic mass is 10.2. The molecular weight excluding hydrogens is 318 g/mol. The molecule has 1 aliphatic rings. The van der Waals surface area contributed by atoms with Gasteiger partial charge in [-0.2, -0.15) is 0 Å². The molecule has 1 aromatic heterocycles. The minimum atomic E-state index is -0.435. The third-order valence-electron chi connectivity index (χ3n) is 4.32. The van der Waals surface area contributed by atoms with Crippen molar-refractivity contribution in [1.29, 1.82) is 0 Å². The van der Waals surface area contributed by atoms with Crippen LogP contribution in [0.4, 0.5) is 10.5 Å². The molecular formula is C19H21N3O3. The van der Waals surface area contributed by atoms with Crippen molar-refractivity contribution in [3.8, 4) is 0 Å². The number of nitrogens with zero attached hydrogens (tertiary/aromatic N) is 2. The number of anilines is 1. The monoisotopic (exact) mass is 339 g/mol. The van der Waals surface area contributed by atoms with Gasteiger partial charge in [-0.1, -0.05) is 18.2 Å². The van der Waals surface area contributed by atoms with Gasteiger partial charge in [-0.15, -0.1) is 0 Å². The molecule has 3 rings (SSSR count). The van der Waals surface area contributed by atoms with E-state index in [1.165, 1.54) is 0 Å². The Morgan fingerprint density at radius 2 is 1.88 bits per heavy atom. The third-order valence-corrected chi connectivity index (χ3v) is 4.32. The van der Waals surface area contributed by atoms with Crippen LogP contribution in [-0.4, -0.2) is 30.2 Å². The highest BCUT2D eigenvalue weighted by atomic mass is 16.5. The van der Waals surface area contributed by atoms with E-state index in [2.05, 4.69) is 9.88 Å². The quantitative estimate of drug-likeness (QED) is 0.673. The second kappa shape index (κ2) is 6.94. The van der Waals surface area contributed by atoms with Crippen molar-refractivity contribution in [2.45, 2.75) is 20.4 Å². The highest BCUT2D eigenvalue weighted by molar-refractivity contribution is 6.28. The number of methoxy groups -OCH3 is 1. The van der Waals surface area contributed by atoms with Crippen molar-refractivity contribution in [3.05, 3.63) is 59.0 Å². The third kappa shape index (κ3) is 3.21. The number of hydrogen-bond donors (Lipinski definition) is 1. The van der Waals surface area contributed by atoms with Gasteiger partial charge in [0.05, 0.1) is 12.3 Å². The summed E-state index contributed by atoms with van der Waals surface area (Å²) in [6.45, 7) is 5.36. The lowest BCUT2D eigenvalue weighted by molar-refractivity contribution is -0.113. The zero-order valence-corrected chi connectivity index (χ0v) is 14.6. The van der Waals surface area contributed by atoms with E-state index >= 15 is 0 Å². The van der Waals surface area contributed by atoms with Gasteiger partial charge in [-0.05, 0) is 43.7 Å². The molecule has 1 aliphatic heterocycles. The fourth-order valence-electron chi connectivity index (χ4n) is 3.00. The number of para-hydroxylation sites is 1. The van der Waals surface area contributed by atoms with Crippen LogP contribution < -0.4 is 10.2 Å². The molecule has 0 saturated carbocycles. The van der Waals surface area contributed by atoms with Crippen LogP contribution >= 0.6 is 0 Å². The SMILES string of the molecule is COCCn1c(C)cc(C=C2NC(=O)N(c3ccccc3)C2=O)c1C. The zero-order valence-electron chi connectivity index (χ0n) is 14.6. The van der Waals surface area contributed by atoms with Crippen LogP contribution in [0.15, 0.2) is 42.1 Å². The van der Waals surface area contributed by atoms with Gasteiger partial charge < -0.3 is 14.6 Å². The van der Waals surface area contributed by atoms with Gasteiger partial charge in [0.25, 0.3) is 5.91 Å². The van der Waals surface area contributed by atoms with Crippen LogP contribution in [0.1, 0.15) is 17.0 Å². The first-order chi connectivity index (χ1) is 12.0. The Bertz CT molecular complexity index is 837. The van der Waals surface area contributed by atoms with E-state index in [1.807, 2.05) is 26.0 Å². The van der Waals surface area contributed by atoms with Crippen LogP contribution in [0, 0.1) is 13.8 Å². The Morgan fingerprint density at radius 1 is 1.16 bits per heavy atom. The summed E-state index contributed by atoms with van der Waals surface area (Å²) in [5, 5.41) is 2.66. The minimum Gasteiger partial charge on any atom is -0.383 e. The van der Waals surface area contributed by atoms with Crippen molar-refractivity contribution < 1.29 is 14.3 Å². The summed E-state index contributed by atoms with van der Waals surface area (Å²) >= 11 is 0. The van der Waals surface area contributed by atoms with Gasteiger partial charge in [-0.25, -0.2) is 9.69 Å². The number of benzene rings is 1. The smallest absolute Gasteiger partial charge is 0.333 e. The van der Waals surface area contributed by atoms with Gasteiger partial charge >= 0.3 is 6.03 Å². The van der Waals surface area contributed by atoms with Crippen LogP contribution in [-0.2, 0) is 16.1 Å². The first-order valence-electron chi connectivity index (χ1n) is 8.10. The number of aryl methyl sites for hydroxylation is 1. The normalized spacial score (nSPS) is 16.0. The average molecular weight is 339 g/mol. The number of nitrogens with one attached hydrogen (secondary N) is 1. The standard InChI is InChI=1S/C19H21N3O3/c1-13-11-15(14(2)21(13)9-10-25-3)12-17-18(23)22(19(24)20-17)16-7-5-4-6-8-16/h4-8,11-12H,9-10H2,1-3H3,(H,20,24). The van der Waals surface area contributed by atoms with Gasteiger partial charge in [0.2, 0.25) is 0 Å². The first kappa shape index (κ1) is 17.0. The predicted molar refractivity (Wildman–Crippen MR) is 96.2 cm³/mol. The fraction of sp³-hybridized carbons (Fsp3) is 0.263. The van der Waals surface area contributed by atoms with Gasteiger partial charge in [-0.3, -0.25) is 4.79 Å². The molecule has 3 amide bonds. The van der Waals surface area contributed by atoms with Crippen LogP contribution in [0.5, 0.6) is 0 Å². The second-order valence-corrected chi connectivity index (χ2v) is 5.94. The average Bonchev–Trinajstić information content (AvgIpc) is 3.03. The van der Waals surface area contributed by atoms with Crippen molar-refractivity contribution >= 4 is 23.7 Å². The Kier molecular flexibility index (Phi) is 4.72. The molecule has 130 valence electrons. The summed E-state index contributed by atoms with van der Waals surface area (Å²) in [6, 6.07) is 10.5. The highest BCUT2D eigenvalue weighted by Gasteiger charge is 2.34. The molecule has 6 heteroatoms. The van der Waals surface area contributed by atoms with E-state index in [9.17, 15) is 9.59 Å². The molecule has 0 unspecified atom stereocenters. The Labute approximate surface area is 146 Å². The summed E-state index contributed by atoms with van der Waals surface area (Å²) in [6.07, 6.45) is 1.73. The number of urea groups is 1. The highest BCUT2D eigenvalue weighted by Crippen LogP contribution is 2.24. The number of aromatic nitrogens is 1. The maximum atomic E-state index is 12.6. The Morgan fingerprint density at radius 3 is 2.56 bits per heavy atom. The number of imide groups is 1. The number of hydrogen-bond acceptors (Lipinski definition) is 3. The summed E-state index contributed by atoms with van der Waals surface area (Å²) in [4.78, 5) is 26.0. The first-order valence-corrected chi connectivity index (χ1v) is 8.10. The molecule has 2 heterocycles. The van der Waals surface area contributed by atoms with Gasteiger partial charge in [0, 0.05) is 25.0 Å². The predicted octanol–water partition coefficient (Wildman–Crippen LogP) is 2.85. The summed E-state index contributed by atoms with van der Waals surface area (Å²) in [7, 11) is 1.67. The van der Waals surface area contributed by atoms with E-state index in [4.69, 9.17) is 4.74 Å². The van der Waals surface area contributed by atoms with E-state index in [1.54, 1.807) is 37.5 Å². The largest absolute Gasteiger partial charge is 0.383 e. The summed E-state index contributed by atoms with van der Waals surface area (Å²) in [5.41, 5.74) is 3.85. The molecule has 2 aromatic rings. The number of carbonyl (C=O) groups excluding carboxylic acids is 2. The van der Waals surface area contributed by atoms with Crippen LogP contribution in [0.3, 0.4) is 0 Å². The molecule has 6 nitrogen and oxygen atoms in total. The van der Waals surface area contributed by atoms with Crippen LogP contribution in [0.2, 0.25) is 0 Å². The molecule has 1 fully saturated rings. The topological polar surface area (TPSA) is 63.6 Å². The molecule has 0 spiro atoms. The zero-order chi connectivity index (χ0) is 18.0. The lowest BCUT2D eigenvalue weighted by Crippen LogP contribution is -2.30. The Hall–Kier alpha value is -2.86. The van der Waals surface area contributed by atoms with E-state index in [0.29, 0.717) is 12.3 Å². The number of rotatable bonds is 5. The van der Waals surface area contributed by atoms with Crippen molar-refractivity contribution in [2.24, 2.45) is 0 Å². The molecule has 1 saturated heterocycles. The van der Waals surface area contributed by atoms with Gasteiger partial charge in [0.15, 0.2) is 0 Å². The fourth-order valence-corrected chi connectivity index (χ4v) is 3.00. The van der Waals surface area contributed by atoms with Crippen molar-refractivity contribution in [2.75, 3.05) is 18.6 Å².